The summed E-state index contributed by atoms with van der Waals surface area (Å²) in [5.74, 6) is 0. The van der Waals surface area contributed by atoms with Crippen molar-refractivity contribution < 1.29 is 0 Å². The first-order valence-corrected chi connectivity index (χ1v) is 4.13. The largest absolute Gasteiger partial charge is 0.256 e. The molecule has 60 valence electrons. The van der Waals surface area contributed by atoms with Gasteiger partial charge in [-0.15, -0.1) is 0 Å². The third-order valence-electron chi connectivity index (χ3n) is 1.85. The van der Waals surface area contributed by atoms with Crippen LogP contribution in [0.15, 0.2) is 48.7 Å². The van der Waals surface area contributed by atoms with E-state index in [0.29, 0.717) is 0 Å². The normalized spacial score (nSPS) is 9.85. The molecule has 2 aromatic rings. The molecule has 0 saturated carbocycles. The van der Waals surface area contributed by atoms with Crippen LogP contribution in [-0.4, -0.2) is 12.8 Å². The molecule has 2 radical (unpaired) electrons. The summed E-state index contributed by atoms with van der Waals surface area (Å²) in [7, 11) is 5.66. The monoisotopic (exact) mass is 165 g/mol. The van der Waals surface area contributed by atoms with Crippen LogP contribution < -0.4 is 5.46 Å². The van der Waals surface area contributed by atoms with E-state index in [2.05, 4.69) is 4.98 Å². The number of hydrogen-bond acceptors (Lipinski definition) is 1. The van der Waals surface area contributed by atoms with Gasteiger partial charge in [0.1, 0.15) is 7.85 Å². The molecule has 0 aliphatic rings. The number of aromatic nitrogens is 1. The molecule has 0 amide bonds. The molecular formula is C11H8BN. The molecule has 1 heterocycles. The van der Waals surface area contributed by atoms with Crippen LogP contribution in [0.2, 0.25) is 0 Å². The Kier molecular flexibility index (Phi) is 2.13. The van der Waals surface area contributed by atoms with E-state index in [9.17, 15) is 0 Å². The van der Waals surface area contributed by atoms with Gasteiger partial charge < -0.3 is 0 Å². The minimum atomic E-state index is 0.744. The quantitative estimate of drug-likeness (QED) is 0.584. The van der Waals surface area contributed by atoms with Gasteiger partial charge in [-0.2, -0.15) is 0 Å². The number of hydrogen-bond donors (Lipinski definition) is 0. The molecule has 13 heavy (non-hydrogen) atoms. The minimum absolute atomic E-state index is 0.744. The molecule has 1 aromatic carbocycles. The van der Waals surface area contributed by atoms with Crippen molar-refractivity contribution in [3.63, 3.8) is 0 Å². The van der Waals surface area contributed by atoms with Crippen LogP contribution in [-0.2, 0) is 0 Å². The van der Waals surface area contributed by atoms with Gasteiger partial charge in [-0.05, 0) is 6.07 Å². The zero-order chi connectivity index (χ0) is 9.10. The van der Waals surface area contributed by atoms with E-state index in [0.717, 1.165) is 16.7 Å². The Morgan fingerprint density at radius 2 is 1.77 bits per heavy atom. The third kappa shape index (κ3) is 1.78. The van der Waals surface area contributed by atoms with E-state index < -0.39 is 0 Å². The van der Waals surface area contributed by atoms with Crippen molar-refractivity contribution in [2.45, 2.75) is 0 Å². The van der Waals surface area contributed by atoms with E-state index in [-0.39, 0.29) is 0 Å². The topological polar surface area (TPSA) is 12.9 Å². The highest BCUT2D eigenvalue weighted by molar-refractivity contribution is 6.32. The van der Waals surface area contributed by atoms with E-state index >= 15 is 0 Å². The van der Waals surface area contributed by atoms with Gasteiger partial charge in [0.25, 0.3) is 0 Å². The van der Waals surface area contributed by atoms with Gasteiger partial charge in [0.05, 0.1) is 5.69 Å². The highest BCUT2D eigenvalue weighted by Crippen LogP contribution is 2.13. The zero-order valence-electron chi connectivity index (χ0n) is 7.14. The molecule has 0 saturated heterocycles. The van der Waals surface area contributed by atoms with Crippen LogP contribution in [0, 0.1) is 0 Å². The van der Waals surface area contributed by atoms with Crippen LogP contribution in [0.5, 0.6) is 0 Å². The van der Waals surface area contributed by atoms with Crippen LogP contribution in [0.1, 0.15) is 0 Å². The Hall–Kier alpha value is -1.57. The molecule has 2 heteroatoms. The molecule has 1 aromatic heterocycles. The maximum absolute atomic E-state index is 5.66. The Bertz CT molecular complexity index is 398. The molecule has 0 spiro atoms. The summed E-state index contributed by atoms with van der Waals surface area (Å²) >= 11 is 0. The number of benzene rings is 1. The third-order valence-corrected chi connectivity index (χ3v) is 1.85. The van der Waals surface area contributed by atoms with Crippen molar-refractivity contribution in [2.75, 3.05) is 0 Å². The second-order valence-corrected chi connectivity index (χ2v) is 2.84. The summed E-state index contributed by atoms with van der Waals surface area (Å²) in [6.07, 6.45) is 1.72. The fourth-order valence-corrected chi connectivity index (χ4v) is 1.21. The molecule has 0 fully saturated rings. The average Bonchev–Trinajstić information content (AvgIpc) is 2.19. The number of pyridine rings is 1. The Balaban J connectivity index is 2.48. The SMILES string of the molecule is [B]c1ccnc(-c2ccccc2)c1. The van der Waals surface area contributed by atoms with Crippen LogP contribution in [0.3, 0.4) is 0 Å². The summed E-state index contributed by atoms with van der Waals surface area (Å²) in [4.78, 5) is 4.23. The Labute approximate surface area is 78.9 Å². The van der Waals surface area contributed by atoms with Crippen molar-refractivity contribution in [1.29, 1.82) is 0 Å². The first-order chi connectivity index (χ1) is 6.36. The Morgan fingerprint density at radius 3 is 2.46 bits per heavy atom. The van der Waals surface area contributed by atoms with E-state index in [1.807, 2.05) is 36.4 Å². The van der Waals surface area contributed by atoms with Gasteiger partial charge in [-0.3, -0.25) is 4.98 Å². The maximum Gasteiger partial charge on any atom is 0.113 e. The lowest BCUT2D eigenvalue weighted by atomic mass is 9.96. The van der Waals surface area contributed by atoms with Gasteiger partial charge in [-0.1, -0.05) is 41.9 Å². The van der Waals surface area contributed by atoms with Gasteiger partial charge in [0, 0.05) is 11.8 Å². The van der Waals surface area contributed by atoms with E-state index in [1.165, 1.54) is 0 Å². The number of rotatable bonds is 1. The lowest BCUT2D eigenvalue weighted by molar-refractivity contribution is 1.34. The summed E-state index contributed by atoms with van der Waals surface area (Å²) < 4.78 is 0. The van der Waals surface area contributed by atoms with E-state index in [1.54, 1.807) is 12.3 Å². The van der Waals surface area contributed by atoms with Crippen LogP contribution in [0.25, 0.3) is 11.3 Å². The molecule has 0 atom stereocenters. The maximum atomic E-state index is 5.66. The highest BCUT2D eigenvalue weighted by atomic mass is 14.7. The second kappa shape index (κ2) is 3.44. The predicted molar refractivity (Wildman–Crippen MR) is 55.1 cm³/mol. The fourth-order valence-electron chi connectivity index (χ4n) is 1.21. The fraction of sp³-hybridized carbons (Fsp3) is 0. The standard InChI is InChI=1S/C11H8BN/c12-10-6-7-13-11(8-10)9-4-2-1-3-5-9/h1-8H. The lowest BCUT2D eigenvalue weighted by Crippen LogP contribution is -2.01. The Morgan fingerprint density at radius 1 is 1.00 bits per heavy atom. The summed E-state index contributed by atoms with van der Waals surface area (Å²) in [6.45, 7) is 0. The van der Waals surface area contributed by atoms with Crippen molar-refractivity contribution in [3.05, 3.63) is 48.7 Å². The van der Waals surface area contributed by atoms with Gasteiger partial charge in [0.2, 0.25) is 0 Å². The van der Waals surface area contributed by atoms with Crippen LogP contribution >= 0.6 is 0 Å². The van der Waals surface area contributed by atoms with Crippen molar-refractivity contribution in [2.24, 2.45) is 0 Å². The molecule has 0 aliphatic heterocycles. The average molecular weight is 165 g/mol. The first kappa shape index (κ1) is 8.05. The van der Waals surface area contributed by atoms with Crippen molar-refractivity contribution in [3.8, 4) is 11.3 Å². The minimum Gasteiger partial charge on any atom is -0.256 e. The predicted octanol–water partition coefficient (Wildman–Crippen LogP) is 1.54. The van der Waals surface area contributed by atoms with E-state index in [4.69, 9.17) is 7.85 Å². The molecule has 0 N–H and O–H groups in total. The second-order valence-electron chi connectivity index (χ2n) is 2.84. The first-order valence-electron chi connectivity index (χ1n) is 4.13. The van der Waals surface area contributed by atoms with Gasteiger partial charge in [0.15, 0.2) is 0 Å². The number of nitrogens with zero attached hydrogens (tertiary/aromatic N) is 1. The van der Waals surface area contributed by atoms with Crippen LogP contribution in [0.4, 0.5) is 0 Å². The molecular weight excluding hydrogens is 157 g/mol. The summed E-state index contributed by atoms with van der Waals surface area (Å²) in [5, 5.41) is 0. The summed E-state index contributed by atoms with van der Waals surface area (Å²) in [5.41, 5.74) is 2.75. The lowest BCUT2D eigenvalue weighted by Gasteiger charge is -2.00. The zero-order valence-corrected chi connectivity index (χ0v) is 7.14. The smallest absolute Gasteiger partial charge is 0.113 e. The van der Waals surface area contributed by atoms with Crippen molar-refractivity contribution >= 4 is 13.3 Å². The van der Waals surface area contributed by atoms with Gasteiger partial charge in [-0.25, -0.2) is 0 Å². The summed E-state index contributed by atoms with van der Waals surface area (Å²) in [6, 6.07) is 13.6. The molecule has 0 unspecified atom stereocenters. The highest BCUT2D eigenvalue weighted by Gasteiger charge is 1.96. The molecule has 2 rings (SSSR count). The molecule has 1 nitrogen and oxygen atoms in total. The van der Waals surface area contributed by atoms with Crippen molar-refractivity contribution in [1.82, 2.24) is 4.98 Å². The molecule has 0 bridgehead atoms. The molecule has 0 aliphatic carbocycles. The van der Waals surface area contributed by atoms with Gasteiger partial charge >= 0.3 is 0 Å².